The molecule has 2 nitrogen and oxygen atoms in total. The van der Waals surface area contributed by atoms with Gasteiger partial charge in [0.05, 0.1) is 26.7 Å². The summed E-state index contributed by atoms with van der Waals surface area (Å²) in [6.07, 6.45) is 0. The van der Waals surface area contributed by atoms with E-state index in [2.05, 4.69) is 0 Å². The van der Waals surface area contributed by atoms with Crippen LogP contribution in [-0.4, -0.2) is 10.2 Å². The van der Waals surface area contributed by atoms with Crippen molar-refractivity contribution in [2.45, 2.75) is 6.61 Å². The molecule has 0 radical (unpaired) electrons. The lowest BCUT2D eigenvalue weighted by molar-refractivity contribution is 0.282. The number of aliphatic hydroxyl groups is 1. The van der Waals surface area contributed by atoms with Gasteiger partial charge in [0, 0.05) is 11.1 Å². The molecule has 2 rings (SSSR count). The topological polar surface area (TPSA) is 40.5 Å². The van der Waals surface area contributed by atoms with E-state index in [1.165, 1.54) is 12.1 Å². The van der Waals surface area contributed by atoms with E-state index in [1.54, 1.807) is 12.1 Å². The van der Waals surface area contributed by atoms with Crippen LogP contribution in [0.1, 0.15) is 5.56 Å². The Bertz CT molecular complexity index is 595. The van der Waals surface area contributed by atoms with Crippen LogP contribution in [0.4, 0.5) is 0 Å². The third-order valence-electron chi connectivity index (χ3n) is 2.67. The summed E-state index contributed by atoms with van der Waals surface area (Å²) in [6.45, 7) is -0.354. The van der Waals surface area contributed by atoms with Gasteiger partial charge in [-0.05, 0) is 17.7 Å². The molecule has 0 fully saturated rings. The summed E-state index contributed by atoms with van der Waals surface area (Å²) in [4.78, 5) is 0. The maximum atomic E-state index is 9.28. The van der Waals surface area contributed by atoms with Gasteiger partial charge in [-0.25, -0.2) is 0 Å². The maximum Gasteiger partial charge on any atom is 0.115 e. The minimum atomic E-state index is -0.354. The Morgan fingerprint density at radius 2 is 1.26 bits per heavy atom. The van der Waals surface area contributed by atoms with Crippen LogP contribution in [0.15, 0.2) is 24.3 Å². The van der Waals surface area contributed by atoms with Crippen molar-refractivity contribution < 1.29 is 10.2 Å². The van der Waals surface area contributed by atoms with Crippen LogP contribution in [0.2, 0.25) is 20.1 Å². The van der Waals surface area contributed by atoms with E-state index in [0.29, 0.717) is 16.7 Å². The average molecular weight is 338 g/mol. The van der Waals surface area contributed by atoms with Crippen molar-refractivity contribution in [1.29, 1.82) is 0 Å². The number of aromatic hydroxyl groups is 1. The fraction of sp³-hybridized carbons (Fsp3) is 0.0769. The van der Waals surface area contributed by atoms with Crippen LogP contribution >= 0.6 is 46.4 Å². The molecule has 0 aliphatic heterocycles. The molecule has 2 aromatic carbocycles. The van der Waals surface area contributed by atoms with Crippen LogP contribution in [0.5, 0.6) is 5.75 Å². The fourth-order valence-corrected chi connectivity index (χ4v) is 2.93. The van der Waals surface area contributed by atoms with E-state index in [0.717, 1.165) is 0 Å². The lowest BCUT2D eigenvalue weighted by atomic mass is 10.0. The van der Waals surface area contributed by atoms with Gasteiger partial charge in [-0.3, -0.25) is 0 Å². The molecular weight excluding hydrogens is 330 g/mol. The predicted octanol–water partition coefficient (Wildman–Crippen LogP) is 5.17. The minimum absolute atomic E-state index is 0.125. The van der Waals surface area contributed by atoms with Crippen LogP contribution in [-0.2, 0) is 6.61 Å². The van der Waals surface area contributed by atoms with E-state index in [4.69, 9.17) is 46.4 Å². The number of halogens is 4. The van der Waals surface area contributed by atoms with Gasteiger partial charge in [-0.2, -0.15) is 0 Å². The molecule has 0 saturated heterocycles. The molecule has 0 unspecified atom stereocenters. The van der Waals surface area contributed by atoms with Crippen LogP contribution in [0, 0.1) is 0 Å². The van der Waals surface area contributed by atoms with Crippen LogP contribution < -0.4 is 0 Å². The van der Waals surface area contributed by atoms with Gasteiger partial charge in [0.1, 0.15) is 5.75 Å². The molecule has 0 amide bonds. The number of phenolic OH excluding ortho intramolecular Hbond substituents is 1. The van der Waals surface area contributed by atoms with E-state index >= 15 is 0 Å². The molecule has 100 valence electrons. The standard InChI is InChI=1S/C13H8Cl4O2/c14-10-8(5-18)11(15)13(17)9(12(10)16)6-1-3-7(19)4-2-6/h1-4,18-19H,5H2. The van der Waals surface area contributed by atoms with E-state index in [-0.39, 0.29) is 32.4 Å². The number of benzene rings is 2. The summed E-state index contributed by atoms with van der Waals surface area (Å²) < 4.78 is 0. The first kappa shape index (κ1) is 14.8. The Balaban J connectivity index is 2.74. The second kappa shape index (κ2) is 5.78. The molecule has 0 bridgehead atoms. The van der Waals surface area contributed by atoms with Gasteiger partial charge in [0.15, 0.2) is 0 Å². The zero-order chi connectivity index (χ0) is 14.2. The second-order valence-corrected chi connectivity index (χ2v) is 5.33. The quantitative estimate of drug-likeness (QED) is 0.742. The lowest BCUT2D eigenvalue weighted by Crippen LogP contribution is -1.93. The van der Waals surface area contributed by atoms with Gasteiger partial charge in [0.25, 0.3) is 0 Å². The average Bonchev–Trinajstić information content (AvgIpc) is 2.40. The Morgan fingerprint density at radius 1 is 0.789 bits per heavy atom. The molecule has 0 spiro atoms. The minimum Gasteiger partial charge on any atom is -0.508 e. The molecule has 0 aliphatic carbocycles. The summed E-state index contributed by atoms with van der Waals surface area (Å²) in [6, 6.07) is 6.30. The molecule has 0 aliphatic rings. The van der Waals surface area contributed by atoms with Crippen molar-refractivity contribution in [1.82, 2.24) is 0 Å². The van der Waals surface area contributed by atoms with Gasteiger partial charge < -0.3 is 10.2 Å². The summed E-state index contributed by atoms with van der Waals surface area (Å²) in [5, 5.41) is 19.3. The highest BCUT2D eigenvalue weighted by atomic mass is 35.5. The van der Waals surface area contributed by atoms with Crippen molar-refractivity contribution in [3.05, 3.63) is 49.9 Å². The van der Waals surface area contributed by atoms with Gasteiger partial charge in [0.2, 0.25) is 0 Å². The van der Waals surface area contributed by atoms with Gasteiger partial charge in [-0.1, -0.05) is 58.5 Å². The molecular formula is C13H8Cl4O2. The smallest absolute Gasteiger partial charge is 0.115 e. The number of hydrogen-bond donors (Lipinski definition) is 2. The largest absolute Gasteiger partial charge is 0.508 e. The normalized spacial score (nSPS) is 10.8. The molecule has 6 heteroatoms. The molecule has 0 atom stereocenters. The van der Waals surface area contributed by atoms with Crippen molar-refractivity contribution in [2.24, 2.45) is 0 Å². The third-order valence-corrected chi connectivity index (χ3v) is 4.45. The summed E-state index contributed by atoms with van der Waals surface area (Å²) in [5.41, 5.74) is 1.43. The van der Waals surface area contributed by atoms with Crippen LogP contribution in [0.3, 0.4) is 0 Å². The number of phenols is 1. The Kier molecular flexibility index (Phi) is 4.49. The summed E-state index contributed by atoms with van der Waals surface area (Å²) in [5.74, 6) is 0.125. The number of hydrogen-bond acceptors (Lipinski definition) is 2. The first-order chi connectivity index (χ1) is 8.97. The first-order valence-corrected chi connectivity index (χ1v) is 6.73. The highest BCUT2D eigenvalue weighted by Gasteiger charge is 2.20. The second-order valence-electron chi connectivity index (χ2n) is 3.81. The molecule has 0 aromatic heterocycles. The monoisotopic (exact) mass is 336 g/mol. The zero-order valence-corrected chi connectivity index (χ0v) is 12.4. The molecule has 0 heterocycles. The highest BCUT2D eigenvalue weighted by Crippen LogP contribution is 2.46. The summed E-state index contributed by atoms with van der Waals surface area (Å²) in [7, 11) is 0. The van der Waals surface area contributed by atoms with Gasteiger partial charge in [-0.15, -0.1) is 0 Å². The first-order valence-electron chi connectivity index (χ1n) is 5.22. The predicted molar refractivity (Wildman–Crippen MR) is 79.5 cm³/mol. The molecule has 2 N–H and O–H groups in total. The highest BCUT2D eigenvalue weighted by molar-refractivity contribution is 6.50. The SMILES string of the molecule is OCc1c(Cl)c(Cl)c(-c2ccc(O)cc2)c(Cl)c1Cl. The fourth-order valence-electron chi connectivity index (χ4n) is 1.70. The summed E-state index contributed by atoms with van der Waals surface area (Å²) >= 11 is 24.5. The van der Waals surface area contributed by atoms with Crippen molar-refractivity contribution in [2.75, 3.05) is 0 Å². The Hall–Kier alpha value is -0.640. The molecule has 2 aromatic rings. The Morgan fingerprint density at radius 3 is 1.68 bits per heavy atom. The molecule has 19 heavy (non-hydrogen) atoms. The van der Waals surface area contributed by atoms with E-state index < -0.39 is 0 Å². The third kappa shape index (κ3) is 2.64. The van der Waals surface area contributed by atoms with Crippen molar-refractivity contribution in [3.8, 4) is 16.9 Å². The Labute approximate surface area is 130 Å². The van der Waals surface area contributed by atoms with Crippen LogP contribution in [0.25, 0.3) is 11.1 Å². The number of aliphatic hydroxyl groups excluding tert-OH is 1. The van der Waals surface area contributed by atoms with Crippen molar-refractivity contribution >= 4 is 46.4 Å². The lowest BCUT2D eigenvalue weighted by Gasteiger charge is -2.14. The van der Waals surface area contributed by atoms with Crippen molar-refractivity contribution in [3.63, 3.8) is 0 Å². The number of rotatable bonds is 2. The van der Waals surface area contributed by atoms with E-state index in [1.807, 2.05) is 0 Å². The zero-order valence-electron chi connectivity index (χ0n) is 9.42. The van der Waals surface area contributed by atoms with E-state index in [9.17, 15) is 10.2 Å². The maximum absolute atomic E-state index is 9.28. The van der Waals surface area contributed by atoms with Gasteiger partial charge >= 0.3 is 0 Å². The molecule has 0 saturated carbocycles.